The number of carbonyl (C=O) groups excluding carboxylic acids is 2. The van der Waals surface area contributed by atoms with Crippen molar-refractivity contribution >= 4 is 27.3 Å². The third-order valence-corrected chi connectivity index (χ3v) is 5.40. The molecule has 1 fully saturated rings. The van der Waals surface area contributed by atoms with E-state index in [9.17, 15) is 18.0 Å². The highest BCUT2D eigenvalue weighted by Crippen LogP contribution is 2.21. The summed E-state index contributed by atoms with van der Waals surface area (Å²) in [7, 11) is 0.356. The zero-order valence-electron chi connectivity index (χ0n) is 13.4. The molecule has 2 amide bonds. The minimum atomic E-state index is -3.08. The average Bonchev–Trinajstić information content (AvgIpc) is 2.78. The van der Waals surface area contributed by atoms with Gasteiger partial charge >= 0.3 is 0 Å². The normalized spacial score (nSPS) is 19.6. The van der Waals surface area contributed by atoms with Crippen LogP contribution in [0.3, 0.4) is 0 Å². The topological polar surface area (TPSA) is 86.8 Å². The van der Waals surface area contributed by atoms with Gasteiger partial charge in [0.15, 0.2) is 9.84 Å². The Morgan fingerprint density at radius 1 is 1.17 bits per heavy atom. The first-order chi connectivity index (χ1) is 10.7. The largest absolute Gasteiger partial charge is 0.326 e. The molecule has 2 rings (SSSR count). The molecule has 0 bridgehead atoms. The summed E-state index contributed by atoms with van der Waals surface area (Å²) in [6.45, 7) is 1.41. The maximum Gasteiger partial charge on any atom is 0.268 e. The first kappa shape index (κ1) is 17.4. The van der Waals surface area contributed by atoms with E-state index in [0.29, 0.717) is 17.7 Å². The number of hydrazine groups is 1. The fraction of sp³-hybridized carbons (Fsp3) is 0.467. The fourth-order valence-corrected chi connectivity index (χ4v) is 4.37. The van der Waals surface area contributed by atoms with Crippen molar-refractivity contribution in [3.8, 4) is 0 Å². The Morgan fingerprint density at radius 3 is 2.22 bits per heavy atom. The van der Waals surface area contributed by atoms with Gasteiger partial charge < -0.3 is 5.32 Å². The molecule has 1 aliphatic rings. The molecule has 0 aromatic heterocycles. The van der Waals surface area contributed by atoms with Crippen molar-refractivity contribution in [2.45, 2.75) is 19.4 Å². The van der Waals surface area contributed by atoms with Gasteiger partial charge in [-0.15, -0.1) is 0 Å². The Morgan fingerprint density at radius 2 is 1.78 bits per heavy atom. The van der Waals surface area contributed by atoms with Crippen molar-refractivity contribution in [2.24, 2.45) is 0 Å². The van der Waals surface area contributed by atoms with Gasteiger partial charge in [0.25, 0.3) is 5.91 Å². The molecule has 0 saturated carbocycles. The molecule has 0 spiro atoms. The highest BCUT2D eigenvalue weighted by Gasteiger charge is 2.36. The Kier molecular flexibility index (Phi) is 5.06. The van der Waals surface area contributed by atoms with Crippen molar-refractivity contribution in [1.82, 2.24) is 10.0 Å². The molecule has 1 aliphatic heterocycles. The van der Waals surface area contributed by atoms with Gasteiger partial charge in [-0.3, -0.25) is 14.6 Å². The second-order valence-electron chi connectivity index (χ2n) is 5.81. The quantitative estimate of drug-likeness (QED) is 0.818. The number of nitrogens with one attached hydrogen (secondary N) is 1. The van der Waals surface area contributed by atoms with Crippen LogP contribution in [0.25, 0.3) is 0 Å². The zero-order chi connectivity index (χ0) is 17.2. The van der Waals surface area contributed by atoms with E-state index in [4.69, 9.17) is 0 Å². The zero-order valence-corrected chi connectivity index (χ0v) is 14.3. The van der Waals surface area contributed by atoms with Crippen molar-refractivity contribution in [1.29, 1.82) is 0 Å². The molecule has 0 aliphatic carbocycles. The van der Waals surface area contributed by atoms with Crippen LogP contribution in [0, 0.1) is 0 Å². The molecule has 1 aromatic carbocycles. The summed E-state index contributed by atoms with van der Waals surface area (Å²) in [6, 6.07) is 6.18. The van der Waals surface area contributed by atoms with Crippen molar-refractivity contribution in [3.05, 3.63) is 29.8 Å². The predicted octanol–water partition coefficient (Wildman–Crippen LogP) is 0.751. The first-order valence-electron chi connectivity index (χ1n) is 7.28. The Labute approximate surface area is 136 Å². The number of carbonyl (C=O) groups is 2. The molecule has 0 radical (unpaired) electrons. The molecule has 23 heavy (non-hydrogen) atoms. The lowest BCUT2D eigenvalue weighted by molar-refractivity contribution is -0.114. The summed E-state index contributed by atoms with van der Waals surface area (Å²) in [5.74, 6) is -0.348. The summed E-state index contributed by atoms with van der Waals surface area (Å²) >= 11 is 0. The van der Waals surface area contributed by atoms with Crippen LogP contribution in [0.15, 0.2) is 24.3 Å². The molecular weight excluding hydrogens is 318 g/mol. The van der Waals surface area contributed by atoms with E-state index in [1.165, 1.54) is 11.9 Å². The second kappa shape index (κ2) is 6.67. The molecular formula is C15H21N3O4S. The van der Waals surface area contributed by atoms with Crippen LogP contribution >= 0.6 is 0 Å². The third-order valence-electron chi connectivity index (χ3n) is 3.65. The molecule has 1 aromatic rings. The van der Waals surface area contributed by atoms with Gasteiger partial charge in [0, 0.05) is 32.3 Å². The SMILES string of the molecule is CC(=O)Nc1ccc(C(=O)N(C2CCS(=O)(=O)C2)N(C)C)cc1. The summed E-state index contributed by atoms with van der Waals surface area (Å²) in [5.41, 5.74) is 1.05. The maximum absolute atomic E-state index is 12.7. The minimum absolute atomic E-state index is 0.0130. The Bertz CT molecular complexity index is 698. The lowest BCUT2D eigenvalue weighted by atomic mass is 10.1. The fourth-order valence-electron chi connectivity index (χ4n) is 2.67. The standard InChI is InChI=1S/C15H21N3O4S/c1-11(19)16-13-6-4-12(5-7-13)15(20)18(17(2)3)14-8-9-23(21,22)10-14/h4-7,14H,8-10H2,1-3H3,(H,16,19). The van der Waals surface area contributed by atoms with Gasteiger partial charge in [0.2, 0.25) is 5.91 Å². The number of hydrogen-bond donors (Lipinski definition) is 1. The highest BCUT2D eigenvalue weighted by molar-refractivity contribution is 7.91. The van der Waals surface area contributed by atoms with E-state index in [-0.39, 0.29) is 29.4 Å². The van der Waals surface area contributed by atoms with Crippen molar-refractivity contribution in [3.63, 3.8) is 0 Å². The van der Waals surface area contributed by atoms with E-state index in [1.807, 2.05) is 0 Å². The summed E-state index contributed by atoms with van der Waals surface area (Å²) in [6.07, 6.45) is 0.441. The monoisotopic (exact) mass is 339 g/mol. The van der Waals surface area contributed by atoms with E-state index >= 15 is 0 Å². The van der Waals surface area contributed by atoms with Crippen LogP contribution in [0.5, 0.6) is 0 Å². The van der Waals surface area contributed by atoms with Crippen LogP contribution in [0.4, 0.5) is 5.69 Å². The van der Waals surface area contributed by atoms with E-state index < -0.39 is 9.84 Å². The molecule has 7 nitrogen and oxygen atoms in total. The smallest absolute Gasteiger partial charge is 0.268 e. The first-order valence-corrected chi connectivity index (χ1v) is 9.10. The molecule has 1 heterocycles. The Hall–Kier alpha value is -1.93. The number of anilines is 1. The summed E-state index contributed by atoms with van der Waals surface area (Å²) in [4.78, 5) is 23.7. The second-order valence-corrected chi connectivity index (χ2v) is 8.04. The van der Waals surface area contributed by atoms with Gasteiger partial charge in [0.05, 0.1) is 17.5 Å². The predicted molar refractivity (Wildman–Crippen MR) is 87.7 cm³/mol. The van der Waals surface area contributed by atoms with Gasteiger partial charge in [-0.25, -0.2) is 13.4 Å². The van der Waals surface area contributed by atoms with Crippen LogP contribution in [0.1, 0.15) is 23.7 Å². The molecule has 1 unspecified atom stereocenters. The van der Waals surface area contributed by atoms with Crippen LogP contribution in [-0.4, -0.2) is 61.9 Å². The number of benzene rings is 1. The molecule has 1 atom stereocenters. The van der Waals surface area contributed by atoms with Crippen molar-refractivity contribution in [2.75, 3.05) is 30.9 Å². The number of rotatable bonds is 4. The van der Waals surface area contributed by atoms with E-state index in [2.05, 4.69) is 5.32 Å². The van der Waals surface area contributed by atoms with Gasteiger partial charge in [-0.2, -0.15) is 0 Å². The number of amides is 2. The molecule has 126 valence electrons. The number of sulfone groups is 1. The van der Waals surface area contributed by atoms with Gasteiger partial charge in [0.1, 0.15) is 0 Å². The van der Waals surface area contributed by atoms with Gasteiger partial charge in [-0.1, -0.05) is 0 Å². The summed E-state index contributed by atoms with van der Waals surface area (Å²) in [5, 5.41) is 5.74. The summed E-state index contributed by atoms with van der Waals surface area (Å²) < 4.78 is 23.4. The average molecular weight is 339 g/mol. The molecule has 1 N–H and O–H groups in total. The van der Waals surface area contributed by atoms with Gasteiger partial charge in [-0.05, 0) is 30.7 Å². The highest BCUT2D eigenvalue weighted by atomic mass is 32.2. The van der Waals surface area contributed by atoms with Crippen LogP contribution in [0.2, 0.25) is 0 Å². The van der Waals surface area contributed by atoms with Crippen molar-refractivity contribution < 1.29 is 18.0 Å². The lowest BCUT2D eigenvalue weighted by Gasteiger charge is -2.33. The van der Waals surface area contributed by atoms with Crippen LogP contribution < -0.4 is 5.32 Å². The molecule has 1 saturated heterocycles. The molecule has 8 heteroatoms. The lowest BCUT2D eigenvalue weighted by Crippen LogP contribution is -2.49. The Balaban J connectivity index is 2.20. The number of hydrogen-bond acceptors (Lipinski definition) is 5. The minimum Gasteiger partial charge on any atom is -0.326 e. The third kappa shape index (κ3) is 4.29. The van der Waals surface area contributed by atoms with E-state index in [1.54, 1.807) is 43.4 Å². The number of nitrogens with zero attached hydrogens (tertiary/aromatic N) is 2. The van der Waals surface area contributed by atoms with Crippen LogP contribution in [-0.2, 0) is 14.6 Å². The maximum atomic E-state index is 12.7. The van der Waals surface area contributed by atoms with E-state index in [0.717, 1.165) is 0 Å².